The van der Waals surface area contributed by atoms with E-state index >= 15 is 0 Å². The number of halogens is 6. The molecular weight excluding hydrogens is 422 g/mol. The zero-order valence-corrected chi connectivity index (χ0v) is 14.3. The topological polar surface area (TPSA) is 49.3 Å². The number of para-hydroxylation sites is 1. The summed E-state index contributed by atoms with van der Waals surface area (Å²) in [5.41, 5.74) is -0.409. The van der Waals surface area contributed by atoms with E-state index in [-0.39, 0.29) is 0 Å². The average Bonchev–Trinajstić information content (AvgIpc) is 2.43. The van der Waals surface area contributed by atoms with E-state index in [2.05, 4.69) is 21.2 Å². The zero-order valence-electron chi connectivity index (χ0n) is 11.2. The van der Waals surface area contributed by atoms with Crippen LogP contribution < -0.4 is 5.32 Å². The Kier molecular flexibility index (Phi) is 4.88. The molecule has 2 rings (SSSR count). The second-order valence-corrected chi connectivity index (χ2v) is 6.79. The number of alkyl halides is 5. The van der Waals surface area contributed by atoms with Crippen LogP contribution in [0.3, 0.4) is 0 Å². The first-order valence-electron chi connectivity index (χ1n) is 6.13. The first kappa shape index (κ1) is 18.3. The van der Waals surface area contributed by atoms with Crippen LogP contribution in [0.2, 0.25) is 0 Å². The summed E-state index contributed by atoms with van der Waals surface area (Å²) in [6.45, 7) is 0. The maximum absolute atomic E-state index is 13.1. The molecule has 0 saturated heterocycles. The van der Waals surface area contributed by atoms with Gasteiger partial charge in [-0.1, -0.05) is 45.7 Å². The number of rotatable bonds is 2. The molecule has 0 fully saturated rings. The second-order valence-electron chi connectivity index (χ2n) is 4.76. The molecule has 2 N–H and O–H groups in total. The van der Waals surface area contributed by atoms with Gasteiger partial charge in [0.15, 0.2) is 4.87 Å². The zero-order chi connectivity index (χ0) is 17.5. The number of carbonyl (C=O) groups is 1. The summed E-state index contributed by atoms with van der Waals surface area (Å²) in [4.78, 5) is 9.28. The van der Waals surface area contributed by atoms with Gasteiger partial charge in [0.1, 0.15) is 0 Å². The van der Waals surface area contributed by atoms with Crippen LogP contribution in [0.4, 0.5) is 18.9 Å². The molecule has 1 amide bonds. The normalized spacial score (nSPS) is 28.0. The van der Waals surface area contributed by atoms with Crippen molar-refractivity contribution in [2.45, 2.75) is 16.1 Å². The van der Waals surface area contributed by atoms with Gasteiger partial charge in [-0.05, 0) is 24.3 Å². The number of benzene rings is 1. The van der Waals surface area contributed by atoms with E-state index in [0.29, 0.717) is 17.8 Å². The third-order valence-corrected chi connectivity index (χ3v) is 4.95. The maximum Gasteiger partial charge on any atom is 0.414 e. The van der Waals surface area contributed by atoms with Crippen LogP contribution in [0.5, 0.6) is 0 Å². The smallest absolute Gasteiger partial charge is 0.367 e. The van der Waals surface area contributed by atoms with Crippen LogP contribution in [0.15, 0.2) is 52.5 Å². The number of carbonyl (C=O) groups excluding carboxylic acids is 1. The van der Waals surface area contributed by atoms with Crippen LogP contribution in [0, 0.1) is 0 Å². The molecule has 2 unspecified atom stereocenters. The van der Waals surface area contributed by atoms with Crippen molar-refractivity contribution in [3.8, 4) is 0 Å². The van der Waals surface area contributed by atoms with Crippen LogP contribution >= 0.6 is 39.1 Å². The summed E-state index contributed by atoms with van der Waals surface area (Å²) in [7, 11) is 0. The Balaban J connectivity index is 2.43. The highest BCUT2D eigenvalue weighted by Gasteiger charge is 2.56. The van der Waals surface area contributed by atoms with Gasteiger partial charge in [0.25, 0.3) is 5.91 Å². The molecule has 23 heavy (non-hydrogen) atoms. The average molecular weight is 431 g/mol. The highest BCUT2D eigenvalue weighted by atomic mass is 79.9. The fourth-order valence-corrected chi connectivity index (χ4v) is 2.98. The standard InChI is InChI=1S/C14H9BrCl2F3NO2/c15-10-7-12(16,14(18,19)20)6-9(13(10,17)23)11(22)21-8-4-2-1-3-5-8/h1-7,23H,(H,21,22). The Morgan fingerprint density at radius 1 is 1.17 bits per heavy atom. The lowest BCUT2D eigenvalue weighted by Gasteiger charge is -2.34. The molecule has 9 heteroatoms. The van der Waals surface area contributed by atoms with E-state index < -0.39 is 32.1 Å². The fourth-order valence-electron chi connectivity index (χ4n) is 1.86. The Hall–Kier alpha value is -1.02. The Morgan fingerprint density at radius 2 is 1.74 bits per heavy atom. The summed E-state index contributed by atoms with van der Waals surface area (Å²) >= 11 is 14.1. The predicted molar refractivity (Wildman–Crippen MR) is 85.6 cm³/mol. The van der Waals surface area contributed by atoms with Crippen LogP contribution in [-0.2, 0) is 4.79 Å². The van der Waals surface area contributed by atoms with Crippen LogP contribution in [0.25, 0.3) is 0 Å². The quantitative estimate of drug-likeness (QED) is 0.687. The summed E-state index contributed by atoms with van der Waals surface area (Å²) < 4.78 is 38.9. The number of hydrogen-bond donors (Lipinski definition) is 2. The minimum absolute atomic E-state index is 0.323. The van der Waals surface area contributed by atoms with Gasteiger partial charge < -0.3 is 10.4 Å². The van der Waals surface area contributed by atoms with E-state index in [1.807, 2.05) is 0 Å². The SMILES string of the molecule is O=C(Nc1ccccc1)C1=CC(Cl)(C(F)(F)F)C=C(Br)C1(O)Cl. The van der Waals surface area contributed by atoms with Gasteiger partial charge >= 0.3 is 6.18 Å². The third kappa shape index (κ3) is 3.57. The van der Waals surface area contributed by atoms with Gasteiger partial charge in [-0.2, -0.15) is 13.2 Å². The number of hydrogen-bond acceptors (Lipinski definition) is 2. The monoisotopic (exact) mass is 429 g/mol. The molecule has 1 aromatic rings. The fraction of sp³-hybridized carbons (Fsp3) is 0.214. The van der Waals surface area contributed by atoms with Crippen molar-refractivity contribution in [1.29, 1.82) is 0 Å². The van der Waals surface area contributed by atoms with Crippen molar-refractivity contribution in [1.82, 2.24) is 0 Å². The Morgan fingerprint density at radius 3 is 2.26 bits per heavy atom. The van der Waals surface area contributed by atoms with Gasteiger partial charge in [0, 0.05) is 10.2 Å². The highest BCUT2D eigenvalue weighted by molar-refractivity contribution is 9.11. The maximum atomic E-state index is 13.1. The number of aliphatic hydroxyl groups is 1. The van der Waals surface area contributed by atoms with Crippen molar-refractivity contribution in [3.63, 3.8) is 0 Å². The number of nitrogens with one attached hydrogen (secondary N) is 1. The minimum Gasteiger partial charge on any atom is -0.367 e. The Bertz CT molecular complexity index is 689. The summed E-state index contributed by atoms with van der Waals surface area (Å²) in [5.74, 6) is -1.01. The lowest BCUT2D eigenvalue weighted by molar-refractivity contribution is -0.140. The van der Waals surface area contributed by atoms with Crippen molar-refractivity contribution >= 4 is 50.7 Å². The molecule has 0 aromatic heterocycles. The van der Waals surface area contributed by atoms with Gasteiger partial charge in [0.2, 0.25) is 5.06 Å². The predicted octanol–water partition coefficient (Wildman–Crippen LogP) is 4.31. The number of anilines is 1. The van der Waals surface area contributed by atoms with Gasteiger partial charge in [0.05, 0.1) is 5.57 Å². The highest BCUT2D eigenvalue weighted by Crippen LogP contribution is 2.49. The summed E-state index contributed by atoms with van der Waals surface area (Å²) in [6.07, 6.45) is -4.00. The van der Waals surface area contributed by atoms with Crippen molar-refractivity contribution in [3.05, 3.63) is 52.5 Å². The van der Waals surface area contributed by atoms with Crippen LogP contribution in [0.1, 0.15) is 0 Å². The van der Waals surface area contributed by atoms with Gasteiger partial charge in [-0.3, -0.25) is 4.79 Å². The van der Waals surface area contributed by atoms with Crippen molar-refractivity contribution in [2.24, 2.45) is 0 Å². The molecule has 1 aliphatic rings. The Labute approximate surface area is 147 Å². The lowest BCUT2D eigenvalue weighted by atomic mass is 9.92. The molecule has 0 spiro atoms. The molecule has 0 bridgehead atoms. The molecule has 1 aromatic carbocycles. The summed E-state index contributed by atoms with van der Waals surface area (Å²) in [5, 5.41) is 10.0. The first-order chi connectivity index (χ1) is 10.5. The molecule has 0 radical (unpaired) electrons. The van der Waals surface area contributed by atoms with Gasteiger partial charge in [-0.25, -0.2) is 0 Å². The van der Waals surface area contributed by atoms with E-state index in [0.717, 1.165) is 0 Å². The summed E-state index contributed by atoms with van der Waals surface area (Å²) in [6, 6.07) is 7.98. The van der Waals surface area contributed by atoms with Crippen molar-refractivity contribution < 1.29 is 23.1 Å². The molecule has 3 nitrogen and oxygen atoms in total. The minimum atomic E-state index is -4.89. The van der Waals surface area contributed by atoms with Gasteiger partial charge in [-0.15, -0.1) is 11.6 Å². The molecule has 0 heterocycles. The first-order valence-corrected chi connectivity index (χ1v) is 7.68. The third-order valence-electron chi connectivity index (χ3n) is 3.08. The molecule has 124 valence electrons. The number of amides is 1. The second kappa shape index (κ2) is 6.12. The largest absolute Gasteiger partial charge is 0.414 e. The van der Waals surface area contributed by atoms with Crippen molar-refractivity contribution in [2.75, 3.05) is 5.32 Å². The van der Waals surface area contributed by atoms with E-state index in [4.69, 9.17) is 23.2 Å². The molecule has 2 atom stereocenters. The van der Waals surface area contributed by atoms with E-state index in [9.17, 15) is 23.1 Å². The number of allylic oxidation sites excluding steroid dienone is 2. The molecule has 1 aliphatic carbocycles. The van der Waals surface area contributed by atoms with Crippen LogP contribution in [-0.4, -0.2) is 27.1 Å². The van der Waals surface area contributed by atoms with E-state index in [1.165, 1.54) is 12.1 Å². The molecular formula is C14H9BrCl2F3NO2. The molecule has 0 aliphatic heterocycles. The molecule has 0 saturated carbocycles. The lowest BCUT2D eigenvalue weighted by Crippen LogP contribution is -2.44. The van der Waals surface area contributed by atoms with E-state index in [1.54, 1.807) is 18.2 Å².